The Bertz CT molecular complexity index is 762. The zero-order chi connectivity index (χ0) is 44.8. The fraction of sp³-hybridized carbons (Fsp3) is 0.806. The van der Waals surface area contributed by atoms with Gasteiger partial charge in [-0.2, -0.15) is 0 Å². The Labute approximate surface area is 335 Å². The Morgan fingerprint density at radius 1 is 0.455 bits per heavy atom. The third-order valence-electron chi connectivity index (χ3n) is 5.92. The smallest absolute Gasteiger partial charge is 0.427 e. The summed E-state index contributed by atoms with van der Waals surface area (Å²) in [5.41, 5.74) is 0.525. The highest BCUT2D eigenvalue weighted by Crippen LogP contribution is 2.07. The Morgan fingerprint density at radius 2 is 0.800 bits per heavy atom. The largest absolute Gasteiger partial charge is 0.488 e. The molecule has 0 heterocycles. The van der Waals surface area contributed by atoms with E-state index in [-0.39, 0.29) is 5.82 Å². The highest BCUT2D eigenvalue weighted by Gasteiger charge is 2.10. The summed E-state index contributed by atoms with van der Waals surface area (Å²) in [4.78, 5) is 0. The van der Waals surface area contributed by atoms with Crippen LogP contribution in [0.25, 0.3) is 0 Å². The SMILES string of the molecule is CB(O)O.CC(C)B(O)O.CC(C)CB(O)O.CCB(O)O.CCCB(O)O.CCCCB(O)O.CCCCCCCCB(O)O.OB(O)c1ccccc1. The molecule has 0 aliphatic carbocycles. The topological polar surface area (TPSA) is 324 Å². The van der Waals surface area contributed by atoms with E-state index < -0.39 is 56.9 Å². The fourth-order valence-electron chi connectivity index (χ4n) is 2.80. The molecule has 0 aromatic heterocycles. The number of hydrogen-bond donors (Lipinski definition) is 16. The molecular formula is C31H78B8O16. The van der Waals surface area contributed by atoms with E-state index in [1.54, 1.807) is 45.0 Å². The molecule has 0 amide bonds. The van der Waals surface area contributed by atoms with Gasteiger partial charge in [0.05, 0.1) is 0 Å². The van der Waals surface area contributed by atoms with Crippen molar-refractivity contribution in [2.75, 3.05) is 0 Å². The summed E-state index contributed by atoms with van der Waals surface area (Å²) in [5, 5.41) is 131. The minimum absolute atomic E-state index is 0.0370. The predicted molar refractivity (Wildman–Crippen MR) is 232 cm³/mol. The van der Waals surface area contributed by atoms with Crippen LogP contribution < -0.4 is 5.46 Å². The van der Waals surface area contributed by atoms with Crippen molar-refractivity contribution in [2.24, 2.45) is 5.92 Å². The van der Waals surface area contributed by atoms with E-state index in [1.807, 2.05) is 33.8 Å². The third kappa shape index (κ3) is 106. The molecule has 55 heavy (non-hydrogen) atoms. The Balaban J connectivity index is -0.0000000975. The maximum absolute atomic E-state index is 8.58. The van der Waals surface area contributed by atoms with Gasteiger partial charge in [-0.3, -0.25) is 0 Å². The van der Waals surface area contributed by atoms with E-state index in [9.17, 15) is 0 Å². The monoisotopic (exact) mass is 795 g/mol. The maximum atomic E-state index is 8.58. The summed E-state index contributed by atoms with van der Waals surface area (Å²) < 4.78 is 0. The molecule has 0 spiro atoms. The first-order valence-corrected chi connectivity index (χ1v) is 19.3. The summed E-state index contributed by atoms with van der Waals surface area (Å²) in [6, 6.07) is 8.66. The van der Waals surface area contributed by atoms with Crippen LogP contribution in [0.3, 0.4) is 0 Å². The van der Waals surface area contributed by atoms with E-state index >= 15 is 0 Å². The first-order chi connectivity index (χ1) is 25.4. The molecule has 24 heteroatoms. The van der Waals surface area contributed by atoms with Crippen molar-refractivity contribution in [3.05, 3.63) is 30.3 Å². The number of hydrogen-bond acceptors (Lipinski definition) is 16. The van der Waals surface area contributed by atoms with Gasteiger partial charge in [0.1, 0.15) is 0 Å². The van der Waals surface area contributed by atoms with Crippen molar-refractivity contribution in [1.29, 1.82) is 0 Å². The summed E-state index contributed by atoms with van der Waals surface area (Å²) >= 11 is 0. The van der Waals surface area contributed by atoms with E-state index in [0.717, 1.165) is 32.1 Å². The second-order valence-electron chi connectivity index (χ2n) is 13.0. The lowest BCUT2D eigenvalue weighted by Crippen LogP contribution is -2.29. The van der Waals surface area contributed by atoms with E-state index in [2.05, 4.69) is 6.92 Å². The third-order valence-corrected chi connectivity index (χ3v) is 5.92. The van der Waals surface area contributed by atoms with E-state index in [4.69, 9.17) is 80.4 Å². The normalized spacial score (nSPS) is 9.07. The second-order valence-corrected chi connectivity index (χ2v) is 13.0. The van der Waals surface area contributed by atoms with Gasteiger partial charge in [0.25, 0.3) is 0 Å². The van der Waals surface area contributed by atoms with E-state index in [0.29, 0.717) is 43.0 Å². The van der Waals surface area contributed by atoms with Crippen LogP contribution in [0.2, 0.25) is 44.2 Å². The number of benzene rings is 1. The van der Waals surface area contributed by atoms with Gasteiger partial charge in [0, 0.05) is 0 Å². The van der Waals surface area contributed by atoms with Crippen LogP contribution in [0.1, 0.15) is 113 Å². The molecule has 0 bridgehead atoms. The number of unbranched alkanes of at least 4 members (excludes halogenated alkanes) is 6. The van der Waals surface area contributed by atoms with Crippen LogP contribution >= 0.6 is 0 Å². The van der Waals surface area contributed by atoms with Gasteiger partial charge in [-0.25, -0.2) is 0 Å². The van der Waals surface area contributed by atoms with E-state index in [1.165, 1.54) is 32.5 Å². The molecule has 1 aromatic rings. The zero-order valence-electron chi connectivity index (χ0n) is 35.2. The molecule has 1 aromatic carbocycles. The van der Waals surface area contributed by atoms with Crippen LogP contribution in [0, 0.1) is 5.92 Å². The van der Waals surface area contributed by atoms with Crippen molar-refractivity contribution in [2.45, 2.75) is 157 Å². The van der Waals surface area contributed by atoms with Gasteiger partial charge in [-0.05, 0) is 55.6 Å². The highest BCUT2D eigenvalue weighted by atomic mass is 16.4. The lowest BCUT2D eigenvalue weighted by atomic mass is 9.76. The maximum Gasteiger partial charge on any atom is 0.488 e. The molecule has 0 aliphatic rings. The lowest BCUT2D eigenvalue weighted by molar-refractivity contribution is 0.392. The molecule has 16 N–H and O–H groups in total. The standard InChI is InChI=1S/C8H19BO2.C6H7BO2.2C4H11BO2.2C3H9BO2.C2H7BO2.CH5BO2/c1-2-3-4-5-6-7-8-9(10)11;8-7(9)6-4-2-1-3-5-6;1-4(2)3-5(6)7;1-2-3-4-5(6)7;1-3(2)4(5)6;1-2-3-4(5)6;1-2-3(4)5;1-2(3)4/h10-11H,2-8H2,1H3;1-5,8-9H;4,6-7H,3H2,1-2H3;6-7H,2-4H2,1H3;3,5-6H,1-2H3;5-6H,2-3H2,1H3;4-5H,2H2,1H3;3-4H,1H3. The van der Waals surface area contributed by atoms with Crippen molar-refractivity contribution in [3.8, 4) is 0 Å². The molecule has 16 nitrogen and oxygen atoms in total. The van der Waals surface area contributed by atoms with Gasteiger partial charge >= 0.3 is 56.9 Å². The molecule has 0 fully saturated rings. The minimum Gasteiger partial charge on any atom is -0.427 e. The first kappa shape index (κ1) is 68.8. The average molecular weight is 793 g/mol. The second kappa shape index (κ2) is 55.2. The number of rotatable bonds is 17. The Hall–Kier alpha value is -0.901. The quantitative estimate of drug-likeness (QED) is 0.0721. The van der Waals surface area contributed by atoms with Crippen molar-refractivity contribution in [3.63, 3.8) is 0 Å². The van der Waals surface area contributed by atoms with Crippen molar-refractivity contribution >= 4 is 62.4 Å². The van der Waals surface area contributed by atoms with Gasteiger partial charge in [0.2, 0.25) is 0 Å². The lowest BCUT2D eigenvalue weighted by Gasteiger charge is -1.99. The predicted octanol–water partition coefficient (Wildman–Crippen LogP) is -0.133. The molecule has 0 saturated heterocycles. The van der Waals surface area contributed by atoms with Crippen LogP contribution in [0.4, 0.5) is 0 Å². The highest BCUT2D eigenvalue weighted by molar-refractivity contribution is 6.58. The molecular weight excluding hydrogens is 715 g/mol. The van der Waals surface area contributed by atoms with Crippen LogP contribution in [0.15, 0.2) is 30.3 Å². The molecule has 1 rings (SSSR count). The van der Waals surface area contributed by atoms with Gasteiger partial charge in [-0.1, -0.05) is 144 Å². The van der Waals surface area contributed by atoms with Gasteiger partial charge < -0.3 is 80.4 Å². The Kier molecular flexibility index (Phi) is 69.0. The van der Waals surface area contributed by atoms with Crippen LogP contribution in [-0.4, -0.2) is 137 Å². The van der Waals surface area contributed by atoms with Crippen LogP contribution in [0.5, 0.6) is 0 Å². The van der Waals surface area contributed by atoms with Gasteiger partial charge in [0.15, 0.2) is 0 Å². The van der Waals surface area contributed by atoms with Gasteiger partial charge in [-0.15, -0.1) is 0 Å². The first-order valence-electron chi connectivity index (χ1n) is 19.3. The summed E-state index contributed by atoms with van der Waals surface area (Å²) in [5.74, 6) is 0.338. The van der Waals surface area contributed by atoms with Crippen LogP contribution in [-0.2, 0) is 0 Å². The molecule has 322 valence electrons. The summed E-state index contributed by atoms with van der Waals surface area (Å²) in [7, 11) is -9.19. The average Bonchev–Trinajstić information content (AvgIpc) is 3.06. The molecule has 0 aliphatic heterocycles. The molecule has 0 unspecified atom stereocenters. The zero-order valence-corrected chi connectivity index (χ0v) is 35.2. The molecule has 0 saturated carbocycles. The fourth-order valence-corrected chi connectivity index (χ4v) is 2.80. The minimum atomic E-state index is -1.34. The molecule has 0 radical (unpaired) electrons. The Morgan fingerprint density at radius 3 is 0.982 bits per heavy atom. The van der Waals surface area contributed by atoms with Crippen molar-refractivity contribution in [1.82, 2.24) is 0 Å². The summed E-state index contributed by atoms with van der Waals surface area (Å²) in [6.07, 6.45) is 12.4. The summed E-state index contributed by atoms with van der Waals surface area (Å²) in [6.45, 7) is 16.5. The van der Waals surface area contributed by atoms with Crippen molar-refractivity contribution < 1.29 is 80.4 Å². The molecule has 0 atom stereocenters.